The van der Waals surface area contributed by atoms with Crippen molar-refractivity contribution in [3.8, 4) is 0 Å². The van der Waals surface area contributed by atoms with Gasteiger partial charge < -0.3 is 15.8 Å². The molecule has 16 heavy (non-hydrogen) atoms. The summed E-state index contributed by atoms with van der Waals surface area (Å²) in [5.74, 6) is 1.12. The number of ether oxygens (including phenoxy) is 1. The lowest BCUT2D eigenvalue weighted by Gasteiger charge is -2.23. The topological polar surface area (TPSA) is 73.1 Å². The summed E-state index contributed by atoms with van der Waals surface area (Å²) in [5, 5.41) is 3.28. The molecule has 1 aromatic heterocycles. The fourth-order valence-electron chi connectivity index (χ4n) is 1.28. The molecule has 1 heterocycles. The normalized spacial score (nSPS) is 12.8. The molecule has 1 aromatic rings. The van der Waals surface area contributed by atoms with Crippen molar-refractivity contribution in [2.75, 3.05) is 24.3 Å². The van der Waals surface area contributed by atoms with Gasteiger partial charge in [0.1, 0.15) is 6.33 Å². The fraction of sp³-hybridized carbons (Fsp3) is 0.636. The first-order valence-electron chi connectivity index (χ1n) is 5.54. The number of hydrogen-bond donors (Lipinski definition) is 2. The Kier molecular flexibility index (Phi) is 4.98. The third kappa shape index (κ3) is 3.66. The van der Waals surface area contributed by atoms with Crippen molar-refractivity contribution >= 4 is 11.5 Å². The van der Waals surface area contributed by atoms with Crippen LogP contribution in [0.2, 0.25) is 0 Å². The number of anilines is 2. The van der Waals surface area contributed by atoms with Gasteiger partial charge in [0.2, 0.25) is 0 Å². The number of nitrogens with one attached hydrogen (secondary N) is 1. The standard InChI is InChI=1S/C11H20N4O/c1-4-16-6-10(8(2)3)15-11-9(12)5-13-7-14-11/h5,7-8,10H,4,6,12H2,1-3H3,(H,13,14,15). The van der Waals surface area contributed by atoms with Crippen LogP contribution in [0.25, 0.3) is 0 Å². The maximum absolute atomic E-state index is 5.77. The second-order valence-electron chi connectivity index (χ2n) is 3.98. The highest BCUT2D eigenvalue weighted by molar-refractivity contribution is 5.59. The Bertz CT molecular complexity index is 317. The van der Waals surface area contributed by atoms with Crippen molar-refractivity contribution in [2.24, 2.45) is 5.92 Å². The number of aromatic nitrogens is 2. The van der Waals surface area contributed by atoms with Crippen molar-refractivity contribution in [1.29, 1.82) is 0 Å². The molecule has 1 rings (SSSR count). The van der Waals surface area contributed by atoms with Gasteiger partial charge in [-0.25, -0.2) is 9.97 Å². The smallest absolute Gasteiger partial charge is 0.152 e. The Morgan fingerprint density at radius 2 is 2.25 bits per heavy atom. The highest BCUT2D eigenvalue weighted by Gasteiger charge is 2.14. The van der Waals surface area contributed by atoms with Gasteiger partial charge in [-0.3, -0.25) is 0 Å². The monoisotopic (exact) mass is 224 g/mol. The number of nitrogen functional groups attached to an aromatic ring is 1. The zero-order chi connectivity index (χ0) is 12.0. The minimum Gasteiger partial charge on any atom is -0.394 e. The van der Waals surface area contributed by atoms with Gasteiger partial charge >= 0.3 is 0 Å². The predicted octanol–water partition coefficient (Wildman–Crippen LogP) is 1.53. The molecular formula is C11H20N4O. The van der Waals surface area contributed by atoms with Crippen LogP contribution in [-0.2, 0) is 4.74 Å². The average Bonchev–Trinajstić information content (AvgIpc) is 2.26. The average molecular weight is 224 g/mol. The molecule has 0 spiro atoms. The van der Waals surface area contributed by atoms with Gasteiger partial charge in [-0.1, -0.05) is 13.8 Å². The lowest BCUT2D eigenvalue weighted by Crippen LogP contribution is -2.31. The summed E-state index contributed by atoms with van der Waals surface area (Å²) in [4.78, 5) is 7.96. The molecule has 3 N–H and O–H groups in total. The minimum atomic E-state index is 0.206. The van der Waals surface area contributed by atoms with Crippen LogP contribution in [0.15, 0.2) is 12.5 Å². The van der Waals surface area contributed by atoms with E-state index >= 15 is 0 Å². The van der Waals surface area contributed by atoms with Gasteiger partial charge in [0.25, 0.3) is 0 Å². The van der Waals surface area contributed by atoms with Gasteiger partial charge in [0.05, 0.1) is 24.5 Å². The van der Waals surface area contributed by atoms with Crippen LogP contribution >= 0.6 is 0 Å². The lowest BCUT2D eigenvalue weighted by atomic mass is 10.1. The van der Waals surface area contributed by atoms with Crippen molar-refractivity contribution < 1.29 is 4.74 Å². The lowest BCUT2D eigenvalue weighted by molar-refractivity contribution is 0.126. The molecule has 90 valence electrons. The molecule has 1 unspecified atom stereocenters. The molecule has 5 heteroatoms. The van der Waals surface area contributed by atoms with E-state index in [1.54, 1.807) is 6.20 Å². The zero-order valence-electron chi connectivity index (χ0n) is 10.1. The molecule has 0 amide bonds. The van der Waals surface area contributed by atoms with Gasteiger partial charge in [-0.15, -0.1) is 0 Å². The number of nitrogens with two attached hydrogens (primary N) is 1. The first kappa shape index (κ1) is 12.7. The number of rotatable bonds is 6. The maximum atomic E-state index is 5.77. The highest BCUT2D eigenvalue weighted by Crippen LogP contribution is 2.16. The van der Waals surface area contributed by atoms with E-state index in [2.05, 4.69) is 29.1 Å². The summed E-state index contributed by atoms with van der Waals surface area (Å²) in [6.45, 7) is 7.61. The maximum Gasteiger partial charge on any atom is 0.152 e. The molecule has 0 aromatic carbocycles. The third-order valence-corrected chi connectivity index (χ3v) is 2.37. The number of hydrogen-bond acceptors (Lipinski definition) is 5. The largest absolute Gasteiger partial charge is 0.394 e. The minimum absolute atomic E-state index is 0.206. The van der Waals surface area contributed by atoms with E-state index in [9.17, 15) is 0 Å². The Labute approximate surface area is 96.4 Å². The third-order valence-electron chi connectivity index (χ3n) is 2.37. The Morgan fingerprint density at radius 3 is 2.81 bits per heavy atom. The van der Waals surface area contributed by atoms with Gasteiger partial charge in [0, 0.05) is 6.61 Å². The molecular weight excluding hydrogens is 204 g/mol. The van der Waals surface area contributed by atoms with E-state index in [0.29, 0.717) is 30.6 Å². The van der Waals surface area contributed by atoms with E-state index in [-0.39, 0.29) is 6.04 Å². The second kappa shape index (κ2) is 6.27. The van der Waals surface area contributed by atoms with Crippen molar-refractivity contribution in [3.63, 3.8) is 0 Å². The van der Waals surface area contributed by atoms with Gasteiger partial charge in [-0.05, 0) is 12.8 Å². The van der Waals surface area contributed by atoms with Crippen molar-refractivity contribution in [1.82, 2.24) is 9.97 Å². The SMILES string of the molecule is CCOCC(Nc1ncncc1N)C(C)C. The molecule has 0 aliphatic carbocycles. The Balaban J connectivity index is 2.64. The highest BCUT2D eigenvalue weighted by atomic mass is 16.5. The molecule has 0 aliphatic rings. The first-order valence-corrected chi connectivity index (χ1v) is 5.54. The van der Waals surface area contributed by atoms with Crippen LogP contribution in [0.1, 0.15) is 20.8 Å². The van der Waals surface area contributed by atoms with E-state index in [1.165, 1.54) is 6.33 Å². The summed E-state index contributed by atoms with van der Waals surface area (Å²) < 4.78 is 5.42. The quantitative estimate of drug-likeness (QED) is 0.766. The number of nitrogens with zero attached hydrogens (tertiary/aromatic N) is 2. The van der Waals surface area contributed by atoms with E-state index < -0.39 is 0 Å². The van der Waals surface area contributed by atoms with Crippen LogP contribution in [0.3, 0.4) is 0 Å². The summed E-state index contributed by atoms with van der Waals surface area (Å²) in [6.07, 6.45) is 3.07. The van der Waals surface area contributed by atoms with Gasteiger partial charge in [0.15, 0.2) is 5.82 Å². The van der Waals surface area contributed by atoms with Gasteiger partial charge in [-0.2, -0.15) is 0 Å². The summed E-state index contributed by atoms with van der Waals surface area (Å²) in [5.41, 5.74) is 6.33. The molecule has 0 fully saturated rings. The van der Waals surface area contributed by atoms with Crippen LogP contribution in [0, 0.1) is 5.92 Å². The zero-order valence-corrected chi connectivity index (χ0v) is 10.1. The van der Waals surface area contributed by atoms with Crippen LogP contribution in [0.4, 0.5) is 11.5 Å². The molecule has 1 atom stereocenters. The van der Waals surface area contributed by atoms with Crippen molar-refractivity contribution in [3.05, 3.63) is 12.5 Å². The Hall–Kier alpha value is -1.36. The van der Waals surface area contributed by atoms with E-state index in [0.717, 1.165) is 0 Å². The molecule has 0 radical (unpaired) electrons. The first-order chi connectivity index (χ1) is 7.65. The molecule has 0 saturated heterocycles. The predicted molar refractivity (Wildman–Crippen MR) is 65.2 cm³/mol. The van der Waals surface area contributed by atoms with E-state index in [4.69, 9.17) is 10.5 Å². The molecule has 5 nitrogen and oxygen atoms in total. The summed E-state index contributed by atoms with van der Waals surface area (Å²) in [7, 11) is 0. The van der Waals surface area contributed by atoms with E-state index in [1.807, 2.05) is 6.92 Å². The van der Waals surface area contributed by atoms with Crippen LogP contribution in [0.5, 0.6) is 0 Å². The second-order valence-corrected chi connectivity index (χ2v) is 3.98. The fourth-order valence-corrected chi connectivity index (χ4v) is 1.28. The van der Waals surface area contributed by atoms with Crippen molar-refractivity contribution in [2.45, 2.75) is 26.8 Å². The molecule has 0 bridgehead atoms. The van der Waals surface area contributed by atoms with Crippen LogP contribution in [-0.4, -0.2) is 29.2 Å². The van der Waals surface area contributed by atoms with Crippen LogP contribution < -0.4 is 11.1 Å². The summed E-state index contributed by atoms with van der Waals surface area (Å²) in [6, 6.07) is 0.206. The summed E-state index contributed by atoms with van der Waals surface area (Å²) >= 11 is 0. The molecule has 0 saturated carbocycles. The molecule has 0 aliphatic heterocycles. The Morgan fingerprint density at radius 1 is 1.50 bits per heavy atom.